The maximum absolute atomic E-state index is 15.7. The Balaban J connectivity index is 1.48. The predicted molar refractivity (Wildman–Crippen MR) is 264 cm³/mol. The van der Waals surface area contributed by atoms with E-state index in [0.29, 0.717) is 39.3 Å². The number of benzene rings is 4. The molecule has 2 aliphatic carbocycles. The van der Waals surface area contributed by atoms with Crippen molar-refractivity contribution in [1.29, 1.82) is 0 Å². The fraction of sp³-hybridized carbons (Fsp3) is 0.518. The van der Waals surface area contributed by atoms with Crippen LogP contribution in [0.4, 0.5) is 0 Å². The smallest absolute Gasteiger partial charge is 0.191 e. The molecule has 2 aliphatic rings. The van der Waals surface area contributed by atoms with Crippen LogP contribution in [0.1, 0.15) is 89.5 Å². The lowest BCUT2D eigenvalue weighted by atomic mass is 9.69. The summed E-state index contributed by atoms with van der Waals surface area (Å²) in [5.41, 5.74) is 3.95. The quantitative estimate of drug-likeness (QED) is 0.0564. The normalized spacial score (nSPS) is 22.0. The number of rotatable bonds is 22. The standard InChI is InChI=1S/C56H76O9Si/c1-40-49(31-23-45-24-32-50(55(45,5)6)53(52(40)57)63-37-44-21-29-48(60-9)30-22-44)56(64-38-41-15-13-12-14-16-41,39-61-35-42-17-25-46(58-7)26-18-42)51(33-34-65-66(10,11)54(2,3)4)62-36-43-19-27-47(59-8)28-20-43/h12-23,25-30,40,49-51,53H,24,31-39H2,1-11H3/b45-23-/t40-,49-,50-,51+,53+,56+/m0/s1. The van der Waals surface area contributed by atoms with E-state index in [1.54, 1.807) is 21.3 Å². The highest BCUT2D eigenvalue weighted by Crippen LogP contribution is 2.53. The number of carbonyl (C=O) groups excluding carboxylic acids is 1. The van der Waals surface area contributed by atoms with Crippen LogP contribution in [0.25, 0.3) is 0 Å². The Hall–Kier alpha value is -4.29. The number of fused-ring (bicyclic) bond motifs is 2. The maximum Gasteiger partial charge on any atom is 0.191 e. The van der Waals surface area contributed by atoms with Crippen molar-refractivity contribution in [3.05, 3.63) is 137 Å². The van der Waals surface area contributed by atoms with Crippen molar-refractivity contribution in [2.24, 2.45) is 23.2 Å². The molecule has 66 heavy (non-hydrogen) atoms. The molecule has 0 aliphatic heterocycles. The highest BCUT2D eigenvalue weighted by Gasteiger charge is 2.55. The molecule has 0 radical (unpaired) electrons. The van der Waals surface area contributed by atoms with E-state index < -0.39 is 32.0 Å². The molecule has 358 valence electrons. The Morgan fingerprint density at radius 2 is 1.24 bits per heavy atom. The zero-order chi connectivity index (χ0) is 47.5. The van der Waals surface area contributed by atoms with Crippen LogP contribution >= 0.6 is 0 Å². The zero-order valence-corrected chi connectivity index (χ0v) is 42.5. The summed E-state index contributed by atoms with van der Waals surface area (Å²) in [6.45, 7) is 19.9. The van der Waals surface area contributed by atoms with Crippen LogP contribution in [0, 0.1) is 23.2 Å². The van der Waals surface area contributed by atoms with Gasteiger partial charge in [0.2, 0.25) is 0 Å². The fourth-order valence-corrected chi connectivity index (χ4v) is 10.6. The van der Waals surface area contributed by atoms with Gasteiger partial charge in [-0.25, -0.2) is 0 Å². The van der Waals surface area contributed by atoms with Crippen LogP contribution in [-0.4, -0.2) is 66.5 Å². The molecule has 10 heteroatoms. The first kappa shape index (κ1) is 51.1. The number of carbonyl (C=O) groups is 1. The van der Waals surface area contributed by atoms with Gasteiger partial charge in [-0.2, -0.15) is 0 Å². The van der Waals surface area contributed by atoms with E-state index in [1.165, 1.54) is 5.57 Å². The van der Waals surface area contributed by atoms with Gasteiger partial charge in [0.25, 0.3) is 0 Å². The summed E-state index contributed by atoms with van der Waals surface area (Å²) in [6.07, 6.45) is 4.10. The third kappa shape index (κ3) is 12.4. The van der Waals surface area contributed by atoms with Gasteiger partial charge in [0.1, 0.15) is 29.0 Å². The van der Waals surface area contributed by atoms with Crippen molar-refractivity contribution in [3.63, 3.8) is 0 Å². The van der Waals surface area contributed by atoms with Gasteiger partial charge in [-0.05, 0) is 108 Å². The Morgan fingerprint density at radius 1 is 0.712 bits per heavy atom. The summed E-state index contributed by atoms with van der Waals surface area (Å²) < 4.78 is 52.1. The lowest BCUT2D eigenvalue weighted by Crippen LogP contribution is -2.59. The molecular formula is C56H76O9Si. The van der Waals surface area contributed by atoms with Gasteiger partial charge in [-0.3, -0.25) is 4.79 Å². The Labute approximate surface area is 396 Å². The van der Waals surface area contributed by atoms with Crippen LogP contribution in [0.2, 0.25) is 18.1 Å². The average molecular weight is 921 g/mol. The molecule has 1 saturated carbocycles. The first-order chi connectivity index (χ1) is 31.5. The highest BCUT2D eigenvalue weighted by molar-refractivity contribution is 6.74. The molecule has 6 rings (SSSR count). The van der Waals surface area contributed by atoms with Crippen molar-refractivity contribution in [1.82, 2.24) is 0 Å². The third-order valence-electron chi connectivity index (χ3n) is 14.9. The molecule has 0 heterocycles. The molecule has 6 atom stereocenters. The van der Waals surface area contributed by atoms with Crippen LogP contribution in [-0.2, 0) is 54.6 Å². The summed E-state index contributed by atoms with van der Waals surface area (Å²) in [6, 6.07) is 34.1. The summed E-state index contributed by atoms with van der Waals surface area (Å²) >= 11 is 0. The van der Waals surface area contributed by atoms with Crippen molar-refractivity contribution >= 4 is 14.1 Å². The number of hydrogen-bond acceptors (Lipinski definition) is 9. The highest BCUT2D eigenvalue weighted by atomic mass is 28.4. The summed E-state index contributed by atoms with van der Waals surface area (Å²) in [7, 11) is 2.82. The molecule has 9 nitrogen and oxygen atoms in total. The van der Waals surface area contributed by atoms with E-state index in [9.17, 15) is 0 Å². The summed E-state index contributed by atoms with van der Waals surface area (Å²) in [5.74, 6) is 1.52. The van der Waals surface area contributed by atoms with E-state index in [4.69, 9.17) is 37.6 Å². The van der Waals surface area contributed by atoms with E-state index in [2.05, 4.69) is 72.8 Å². The maximum atomic E-state index is 15.7. The Kier molecular flexibility index (Phi) is 17.6. The van der Waals surface area contributed by atoms with Crippen molar-refractivity contribution in [3.8, 4) is 17.2 Å². The molecule has 0 aromatic heterocycles. The summed E-state index contributed by atoms with van der Waals surface area (Å²) in [4.78, 5) is 15.7. The molecule has 0 saturated heterocycles. The van der Waals surface area contributed by atoms with Gasteiger partial charge in [0.05, 0.1) is 60.5 Å². The second-order valence-electron chi connectivity index (χ2n) is 20.3. The molecule has 0 spiro atoms. The molecule has 0 N–H and O–H groups in total. The van der Waals surface area contributed by atoms with Gasteiger partial charge < -0.3 is 37.6 Å². The minimum Gasteiger partial charge on any atom is -0.497 e. The van der Waals surface area contributed by atoms with Crippen molar-refractivity contribution < 1.29 is 42.4 Å². The van der Waals surface area contributed by atoms with E-state index >= 15 is 4.79 Å². The topological polar surface area (TPSA) is 90.9 Å². The molecule has 0 unspecified atom stereocenters. The van der Waals surface area contributed by atoms with Gasteiger partial charge in [0, 0.05) is 24.4 Å². The van der Waals surface area contributed by atoms with Gasteiger partial charge >= 0.3 is 0 Å². The van der Waals surface area contributed by atoms with Gasteiger partial charge in [-0.1, -0.05) is 120 Å². The molecule has 0 amide bonds. The van der Waals surface area contributed by atoms with Crippen LogP contribution in [0.3, 0.4) is 0 Å². The number of ether oxygens (including phenoxy) is 7. The largest absolute Gasteiger partial charge is 0.497 e. The summed E-state index contributed by atoms with van der Waals surface area (Å²) in [5, 5.41) is 0.00662. The molecular weight excluding hydrogens is 845 g/mol. The lowest BCUT2D eigenvalue weighted by Gasteiger charge is -2.48. The average Bonchev–Trinajstić information content (AvgIpc) is 3.62. The molecule has 4 aromatic carbocycles. The van der Waals surface area contributed by atoms with E-state index in [0.717, 1.165) is 52.3 Å². The van der Waals surface area contributed by atoms with E-state index in [1.807, 2.05) is 91.0 Å². The number of allylic oxidation sites excluding steroid dienone is 2. The first-order valence-electron chi connectivity index (χ1n) is 23.8. The third-order valence-corrected chi connectivity index (χ3v) is 19.5. The van der Waals surface area contributed by atoms with Crippen LogP contribution in [0.5, 0.6) is 17.2 Å². The minimum absolute atomic E-state index is 0.00163. The number of ketones is 1. The molecule has 4 aromatic rings. The minimum atomic E-state index is -2.18. The lowest BCUT2D eigenvalue weighted by molar-refractivity contribution is -0.224. The second kappa shape index (κ2) is 22.7. The Bertz CT molecular complexity index is 2140. The van der Waals surface area contributed by atoms with Gasteiger partial charge in [-0.15, -0.1) is 0 Å². The van der Waals surface area contributed by atoms with Crippen LogP contribution in [0.15, 0.2) is 115 Å². The van der Waals surface area contributed by atoms with Crippen molar-refractivity contribution in [2.75, 3.05) is 34.5 Å². The van der Waals surface area contributed by atoms with Crippen LogP contribution < -0.4 is 14.2 Å². The second-order valence-corrected chi connectivity index (χ2v) is 25.1. The molecule has 2 bridgehead atoms. The predicted octanol–water partition coefficient (Wildman–Crippen LogP) is 12.4. The number of methoxy groups -OCH3 is 3. The first-order valence-corrected chi connectivity index (χ1v) is 26.7. The SMILES string of the molecule is COc1ccc(COC[C@](OCc2ccccc2)([C@@H](CCO[Si](C)(C)C(C)(C)C)OCc2ccc(OC)cc2)[C@H]2C/C=C3/CC[C@@H]([C@@H](OCc4ccc(OC)cc4)C(=O)[C@H]2C)C3(C)C)cc1. The molecule has 1 fully saturated rings. The van der Waals surface area contributed by atoms with E-state index in [-0.39, 0.29) is 41.3 Å². The zero-order valence-electron chi connectivity index (χ0n) is 41.5. The fourth-order valence-electron chi connectivity index (χ4n) is 9.53. The number of hydrogen-bond donors (Lipinski definition) is 0. The monoisotopic (exact) mass is 921 g/mol. The van der Waals surface area contributed by atoms with Crippen molar-refractivity contribution in [2.45, 2.75) is 130 Å². The number of Topliss-reactive ketones (excluding diaryl/α,β-unsaturated/α-hetero) is 1. The van der Waals surface area contributed by atoms with Gasteiger partial charge in [0.15, 0.2) is 14.1 Å². The Morgan fingerprint density at radius 3 is 1.79 bits per heavy atom.